The fourth-order valence-electron chi connectivity index (χ4n) is 2.11. The van der Waals surface area contributed by atoms with Gasteiger partial charge in [-0.2, -0.15) is 0 Å². The molecule has 0 aliphatic heterocycles. The Hall–Kier alpha value is -1.62. The fraction of sp³-hybridized carbons (Fsp3) is 0.500. The van der Waals surface area contributed by atoms with Crippen LogP contribution in [-0.2, 0) is 0 Å². The van der Waals surface area contributed by atoms with Gasteiger partial charge in [-0.1, -0.05) is 12.8 Å². The molecular weight excluding hydrogens is 220 g/mol. The number of aliphatic hydroxyl groups is 1. The third kappa shape index (κ3) is 2.94. The number of amides is 1. The lowest BCUT2D eigenvalue weighted by Crippen LogP contribution is -2.40. The maximum absolute atomic E-state index is 11.7. The second-order valence-electron chi connectivity index (χ2n) is 4.56. The monoisotopic (exact) mass is 236 g/mol. The zero-order valence-corrected chi connectivity index (χ0v) is 9.53. The molecule has 5 heteroatoms. The van der Waals surface area contributed by atoms with Crippen LogP contribution in [0.4, 0.5) is 0 Å². The largest absolute Gasteiger partial charge is 0.388 e. The lowest BCUT2D eigenvalue weighted by molar-refractivity contribution is 0.0449. The Kier molecular flexibility index (Phi) is 3.28. The maximum Gasteiger partial charge on any atom is 0.252 e. The van der Waals surface area contributed by atoms with Gasteiger partial charge in [-0.25, -0.2) is 0 Å². The molecule has 1 aromatic rings. The summed E-state index contributed by atoms with van der Waals surface area (Å²) in [6.07, 6.45) is 4.85. The van der Waals surface area contributed by atoms with Gasteiger partial charge in [0.25, 0.3) is 5.91 Å². The smallest absolute Gasteiger partial charge is 0.252 e. The number of H-pyrrole nitrogens is 1. The van der Waals surface area contributed by atoms with Gasteiger partial charge in [0.1, 0.15) is 0 Å². The number of aromatic amines is 1. The number of carbonyl (C=O) groups excluding carboxylic acids is 1. The average molecular weight is 236 g/mol. The number of hydrogen-bond donors (Lipinski definition) is 3. The summed E-state index contributed by atoms with van der Waals surface area (Å²) in [6, 6.07) is 2.77. The predicted molar refractivity (Wildman–Crippen MR) is 62.8 cm³/mol. The molecule has 1 saturated carbocycles. The molecule has 5 nitrogen and oxygen atoms in total. The van der Waals surface area contributed by atoms with E-state index in [-0.39, 0.29) is 18.0 Å². The highest BCUT2D eigenvalue weighted by Crippen LogP contribution is 2.28. The molecule has 1 aliphatic rings. The summed E-state index contributed by atoms with van der Waals surface area (Å²) >= 11 is 0. The van der Waals surface area contributed by atoms with Gasteiger partial charge >= 0.3 is 0 Å². The van der Waals surface area contributed by atoms with Gasteiger partial charge < -0.3 is 15.4 Å². The van der Waals surface area contributed by atoms with Crippen LogP contribution >= 0.6 is 0 Å². The van der Waals surface area contributed by atoms with E-state index >= 15 is 0 Å². The summed E-state index contributed by atoms with van der Waals surface area (Å²) in [4.78, 5) is 25.0. The maximum atomic E-state index is 11.7. The molecule has 0 unspecified atom stereocenters. The first-order valence-corrected chi connectivity index (χ1v) is 5.78. The second-order valence-corrected chi connectivity index (χ2v) is 4.56. The van der Waals surface area contributed by atoms with Crippen molar-refractivity contribution < 1.29 is 9.90 Å². The van der Waals surface area contributed by atoms with Crippen LogP contribution in [0.15, 0.2) is 23.1 Å². The highest BCUT2D eigenvalue weighted by molar-refractivity contribution is 5.93. The molecule has 0 aromatic carbocycles. The van der Waals surface area contributed by atoms with Crippen LogP contribution in [-0.4, -0.2) is 28.1 Å². The third-order valence-electron chi connectivity index (χ3n) is 3.16. The fourth-order valence-corrected chi connectivity index (χ4v) is 2.11. The van der Waals surface area contributed by atoms with Crippen molar-refractivity contribution in [3.05, 3.63) is 34.2 Å². The van der Waals surface area contributed by atoms with Crippen LogP contribution in [0.25, 0.3) is 0 Å². The van der Waals surface area contributed by atoms with Crippen molar-refractivity contribution in [3.8, 4) is 0 Å². The zero-order valence-electron chi connectivity index (χ0n) is 9.53. The summed E-state index contributed by atoms with van der Waals surface area (Å²) in [5, 5.41) is 12.7. The van der Waals surface area contributed by atoms with Gasteiger partial charge in [0, 0.05) is 18.8 Å². The van der Waals surface area contributed by atoms with Crippen molar-refractivity contribution in [3.63, 3.8) is 0 Å². The van der Waals surface area contributed by atoms with Gasteiger partial charge in [0.15, 0.2) is 0 Å². The molecule has 0 saturated heterocycles. The van der Waals surface area contributed by atoms with E-state index in [0.29, 0.717) is 5.56 Å². The molecule has 0 bridgehead atoms. The summed E-state index contributed by atoms with van der Waals surface area (Å²) in [5.74, 6) is -0.276. The summed E-state index contributed by atoms with van der Waals surface area (Å²) in [5.41, 5.74) is -0.597. The van der Waals surface area contributed by atoms with Gasteiger partial charge in [-0.3, -0.25) is 9.59 Å². The molecule has 1 fully saturated rings. The molecule has 0 radical (unpaired) electrons. The molecular formula is C12H16N2O3. The lowest BCUT2D eigenvalue weighted by Gasteiger charge is -2.22. The van der Waals surface area contributed by atoms with E-state index in [0.717, 1.165) is 25.7 Å². The first-order valence-electron chi connectivity index (χ1n) is 5.78. The Morgan fingerprint density at radius 2 is 2.12 bits per heavy atom. The Bertz CT molecular complexity index is 441. The van der Waals surface area contributed by atoms with Crippen LogP contribution in [0.3, 0.4) is 0 Å². The van der Waals surface area contributed by atoms with Crippen molar-refractivity contribution >= 4 is 5.91 Å². The summed E-state index contributed by atoms with van der Waals surface area (Å²) in [7, 11) is 0. The normalized spacial score (nSPS) is 17.9. The van der Waals surface area contributed by atoms with E-state index in [4.69, 9.17) is 0 Å². The van der Waals surface area contributed by atoms with E-state index in [1.54, 1.807) is 0 Å². The van der Waals surface area contributed by atoms with Crippen LogP contribution in [0, 0.1) is 0 Å². The molecule has 0 atom stereocenters. The van der Waals surface area contributed by atoms with E-state index in [1.165, 1.54) is 18.3 Å². The first-order chi connectivity index (χ1) is 8.09. The Morgan fingerprint density at radius 3 is 2.71 bits per heavy atom. The minimum atomic E-state index is -0.752. The van der Waals surface area contributed by atoms with Crippen molar-refractivity contribution in [2.45, 2.75) is 31.3 Å². The summed E-state index contributed by atoms with van der Waals surface area (Å²) < 4.78 is 0. The zero-order chi connectivity index (χ0) is 12.3. The Morgan fingerprint density at radius 1 is 1.41 bits per heavy atom. The number of pyridine rings is 1. The Balaban J connectivity index is 1.93. The van der Waals surface area contributed by atoms with Crippen molar-refractivity contribution in [2.75, 3.05) is 6.54 Å². The molecule has 92 valence electrons. The molecule has 1 aliphatic carbocycles. The topological polar surface area (TPSA) is 82.2 Å². The van der Waals surface area contributed by atoms with Gasteiger partial charge in [0.2, 0.25) is 5.56 Å². The van der Waals surface area contributed by atoms with Crippen molar-refractivity contribution in [1.82, 2.24) is 10.3 Å². The number of carbonyl (C=O) groups is 1. The van der Waals surface area contributed by atoms with E-state index in [1.807, 2.05) is 0 Å². The number of aromatic nitrogens is 1. The highest BCUT2D eigenvalue weighted by atomic mass is 16.3. The number of hydrogen-bond acceptors (Lipinski definition) is 3. The molecule has 1 amide bonds. The van der Waals surface area contributed by atoms with E-state index in [2.05, 4.69) is 10.3 Å². The molecule has 17 heavy (non-hydrogen) atoms. The minimum Gasteiger partial charge on any atom is -0.388 e. The van der Waals surface area contributed by atoms with Crippen LogP contribution in [0.1, 0.15) is 36.0 Å². The third-order valence-corrected chi connectivity index (χ3v) is 3.16. The quantitative estimate of drug-likeness (QED) is 0.711. The SMILES string of the molecule is O=C(NCC1(O)CCCC1)c1ccc(=O)[nH]c1. The summed E-state index contributed by atoms with van der Waals surface area (Å²) in [6.45, 7) is 0.269. The van der Waals surface area contributed by atoms with E-state index < -0.39 is 5.60 Å². The number of nitrogens with one attached hydrogen (secondary N) is 2. The van der Waals surface area contributed by atoms with Crippen molar-refractivity contribution in [2.24, 2.45) is 0 Å². The average Bonchev–Trinajstić information content (AvgIpc) is 2.75. The minimum absolute atomic E-state index is 0.240. The number of rotatable bonds is 3. The van der Waals surface area contributed by atoms with E-state index in [9.17, 15) is 14.7 Å². The molecule has 0 spiro atoms. The van der Waals surface area contributed by atoms with Gasteiger partial charge in [0.05, 0.1) is 11.2 Å². The van der Waals surface area contributed by atoms with Crippen LogP contribution in [0.5, 0.6) is 0 Å². The van der Waals surface area contributed by atoms with Gasteiger partial charge in [-0.15, -0.1) is 0 Å². The molecule has 1 aromatic heterocycles. The second kappa shape index (κ2) is 4.71. The first kappa shape index (κ1) is 11.9. The Labute approximate surface area is 98.9 Å². The lowest BCUT2D eigenvalue weighted by atomic mass is 10.0. The standard InChI is InChI=1S/C12H16N2O3/c15-10-4-3-9(7-13-10)11(16)14-8-12(17)5-1-2-6-12/h3-4,7,17H,1-2,5-6,8H2,(H,13,15)(H,14,16). The molecule has 1 heterocycles. The molecule has 2 rings (SSSR count). The highest BCUT2D eigenvalue weighted by Gasteiger charge is 2.31. The van der Waals surface area contributed by atoms with Gasteiger partial charge in [-0.05, 0) is 18.9 Å². The van der Waals surface area contributed by atoms with Crippen molar-refractivity contribution in [1.29, 1.82) is 0 Å². The predicted octanol–water partition coefficient (Wildman–Crippen LogP) is 0.410. The van der Waals surface area contributed by atoms with Crippen LogP contribution in [0.2, 0.25) is 0 Å². The molecule has 3 N–H and O–H groups in total. The van der Waals surface area contributed by atoms with Crippen LogP contribution < -0.4 is 10.9 Å².